The number of nitrogens with zero attached hydrogens (tertiary/aromatic N) is 5. The van der Waals surface area contributed by atoms with Gasteiger partial charge in [-0.05, 0) is 50.5 Å². The second-order valence-corrected chi connectivity index (χ2v) is 8.57. The summed E-state index contributed by atoms with van der Waals surface area (Å²) < 4.78 is 5.01. The number of aryl methyl sites for hydroxylation is 1. The van der Waals surface area contributed by atoms with Crippen molar-refractivity contribution >= 4 is 34.9 Å². The summed E-state index contributed by atoms with van der Waals surface area (Å²) in [6.45, 7) is 3.51. The summed E-state index contributed by atoms with van der Waals surface area (Å²) in [6, 6.07) is 4.71. The average molecular weight is 378 g/mol. The Kier molecular flexibility index (Phi) is 4.38. The van der Waals surface area contributed by atoms with Crippen LogP contribution in [0.15, 0.2) is 22.9 Å². The predicted molar refractivity (Wildman–Crippen MR) is 101 cm³/mol. The normalized spacial score (nSPS) is 14.6. The first-order valence-corrected chi connectivity index (χ1v) is 10.1. The smallest absolute Gasteiger partial charge is 0.199 e. The molecule has 0 N–H and O–H groups in total. The highest BCUT2D eigenvalue weighted by Crippen LogP contribution is 2.39. The maximum atomic E-state index is 5.72. The maximum absolute atomic E-state index is 5.72. The molecular formula is C16H19N5S3. The number of thiazole rings is 1. The second-order valence-electron chi connectivity index (χ2n) is 6.20. The van der Waals surface area contributed by atoms with Crippen molar-refractivity contribution in [3.8, 4) is 10.7 Å². The van der Waals surface area contributed by atoms with Gasteiger partial charge in [0, 0.05) is 18.0 Å². The lowest BCUT2D eigenvalue weighted by Gasteiger charge is -2.14. The molecule has 1 aliphatic rings. The molecule has 1 saturated carbocycles. The van der Waals surface area contributed by atoms with E-state index in [1.807, 2.05) is 11.6 Å². The third-order valence-electron chi connectivity index (χ3n) is 4.00. The Hall–Kier alpha value is -1.35. The van der Waals surface area contributed by atoms with Crippen LogP contribution in [0.5, 0.6) is 0 Å². The van der Waals surface area contributed by atoms with Gasteiger partial charge >= 0.3 is 0 Å². The number of rotatable bonds is 6. The van der Waals surface area contributed by atoms with Gasteiger partial charge in [-0.1, -0.05) is 6.07 Å². The zero-order valence-electron chi connectivity index (χ0n) is 13.7. The molecule has 0 amide bonds. The molecule has 0 spiro atoms. The van der Waals surface area contributed by atoms with E-state index in [2.05, 4.69) is 44.4 Å². The third kappa shape index (κ3) is 3.23. The van der Waals surface area contributed by atoms with Gasteiger partial charge in [0.15, 0.2) is 10.6 Å². The van der Waals surface area contributed by atoms with Crippen LogP contribution in [0.1, 0.15) is 29.6 Å². The average Bonchev–Trinajstić information content (AvgIpc) is 2.95. The van der Waals surface area contributed by atoms with E-state index in [1.54, 1.807) is 22.7 Å². The lowest BCUT2D eigenvalue weighted by molar-refractivity contribution is 0.241. The van der Waals surface area contributed by atoms with Gasteiger partial charge in [-0.2, -0.15) is 0 Å². The first kappa shape index (κ1) is 16.1. The molecule has 0 radical (unpaired) electrons. The zero-order valence-corrected chi connectivity index (χ0v) is 16.1. The van der Waals surface area contributed by atoms with Crippen molar-refractivity contribution in [3.63, 3.8) is 0 Å². The van der Waals surface area contributed by atoms with Gasteiger partial charge in [-0.3, -0.25) is 9.47 Å². The summed E-state index contributed by atoms with van der Waals surface area (Å²) in [5.74, 6) is 1.01. The van der Waals surface area contributed by atoms with Crippen molar-refractivity contribution < 1.29 is 0 Å². The maximum Gasteiger partial charge on any atom is 0.199 e. The van der Waals surface area contributed by atoms with Crippen LogP contribution < -0.4 is 0 Å². The Morgan fingerprint density at radius 1 is 1.38 bits per heavy atom. The summed E-state index contributed by atoms with van der Waals surface area (Å²) >= 11 is 9.12. The lowest BCUT2D eigenvalue weighted by atomic mass is 10.4. The highest BCUT2D eigenvalue weighted by Gasteiger charge is 2.29. The van der Waals surface area contributed by atoms with E-state index in [0.29, 0.717) is 12.7 Å². The standard InChI is InChI=1S/C16H19N5S3/c1-11-17-12(9-24-11)8-19(2)10-20-16(22)21(13-5-6-13)15(18-20)14-4-3-7-23-14/h3-4,7,9,13H,5-6,8,10H2,1-2H3. The van der Waals surface area contributed by atoms with Crippen molar-refractivity contribution in [2.45, 2.75) is 39.0 Å². The van der Waals surface area contributed by atoms with Gasteiger partial charge in [-0.15, -0.1) is 27.8 Å². The van der Waals surface area contributed by atoms with E-state index in [4.69, 9.17) is 17.3 Å². The molecule has 0 saturated heterocycles. The molecule has 8 heteroatoms. The fourth-order valence-electron chi connectivity index (χ4n) is 2.78. The molecule has 126 valence electrons. The van der Waals surface area contributed by atoms with Gasteiger partial charge in [0.25, 0.3) is 0 Å². The van der Waals surface area contributed by atoms with E-state index >= 15 is 0 Å². The van der Waals surface area contributed by atoms with Crippen LogP contribution >= 0.6 is 34.9 Å². The molecule has 1 aliphatic carbocycles. The molecule has 0 unspecified atom stereocenters. The van der Waals surface area contributed by atoms with Gasteiger partial charge in [0.2, 0.25) is 0 Å². The van der Waals surface area contributed by atoms with E-state index in [9.17, 15) is 0 Å². The molecular weight excluding hydrogens is 358 g/mol. The number of thiophene rings is 1. The van der Waals surface area contributed by atoms with E-state index in [1.165, 1.54) is 17.7 Å². The molecule has 5 nitrogen and oxygen atoms in total. The lowest BCUT2D eigenvalue weighted by Crippen LogP contribution is -2.22. The molecule has 4 rings (SSSR count). The zero-order chi connectivity index (χ0) is 16.7. The summed E-state index contributed by atoms with van der Waals surface area (Å²) in [7, 11) is 2.08. The Morgan fingerprint density at radius 3 is 2.83 bits per heavy atom. The summed E-state index contributed by atoms with van der Waals surface area (Å²) in [5, 5.41) is 10.1. The Bertz CT molecular complexity index is 885. The van der Waals surface area contributed by atoms with E-state index < -0.39 is 0 Å². The Labute approximate surface area is 154 Å². The van der Waals surface area contributed by atoms with Crippen molar-refractivity contribution in [1.82, 2.24) is 24.2 Å². The highest BCUT2D eigenvalue weighted by atomic mass is 32.1. The van der Waals surface area contributed by atoms with Crippen LogP contribution in [0.25, 0.3) is 10.7 Å². The van der Waals surface area contributed by atoms with Crippen molar-refractivity contribution in [1.29, 1.82) is 0 Å². The fraction of sp³-hybridized carbons (Fsp3) is 0.438. The van der Waals surface area contributed by atoms with Crippen LogP contribution in [0.4, 0.5) is 0 Å². The van der Waals surface area contributed by atoms with Crippen molar-refractivity contribution in [3.05, 3.63) is 38.4 Å². The Balaban J connectivity index is 1.59. The molecule has 3 aromatic rings. The van der Waals surface area contributed by atoms with Gasteiger partial charge in [-0.25, -0.2) is 9.67 Å². The number of aromatic nitrogens is 4. The quantitative estimate of drug-likeness (QED) is 0.599. The van der Waals surface area contributed by atoms with Crippen LogP contribution in [0.2, 0.25) is 0 Å². The summed E-state index contributed by atoms with van der Waals surface area (Å²) in [4.78, 5) is 7.92. The number of hydrogen-bond acceptors (Lipinski definition) is 6. The second kappa shape index (κ2) is 6.51. The molecule has 3 aromatic heterocycles. The molecule has 0 atom stereocenters. The van der Waals surface area contributed by atoms with Gasteiger partial charge in [0.1, 0.15) is 0 Å². The molecule has 1 fully saturated rings. The van der Waals surface area contributed by atoms with Gasteiger partial charge in [0.05, 0.1) is 22.2 Å². The molecule has 3 heterocycles. The van der Waals surface area contributed by atoms with Crippen LogP contribution in [-0.2, 0) is 13.2 Å². The SMILES string of the molecule is Cc1nc(CN(C)Cn2nc(-c3cccs3)n(C3CC3)c2=S)cs1. The van der Waals surface area contributed by atoms with Crippen LogP contribution in [0.3, 0.4) is 0 Å². The minimum absolute atomic E-state index is 0.523. The summed E-state index contributed by atoms with van der Waals surface area (Å²) in [5.41, 5.74) is 1.10. The van der Waals surface area contributed by atoms with Crippen molar-refractivity contribution in [2.24, 2.45) is 0 Å². The highest BCUT2D eigenvalue weighted by molar-refractivity contribution is 7.71. The summed E-state index contributed by atoms with van der Waals surface area (Å²) in [6.07, 6.45) is 2.40. The van der Waals surface area contributed by atoms with Gasteiger partial charge < -0.3 is 0 Å². The predicted octanol–water partition coefficient (Wildman–Crippen LogP) is 4.33. The molecule has 24 heavy (non-hydrogen) atoms. The first-order chi connectivity index (χ1) is 11.6. The minimum Gasteiger partial charge on any atom is -0.296 e. The topological polar surface area (TPSA) is 38.9 Å². The van der Waals surface area contributed by atoms with Crippen LogP contribution in [0, 0.1) is 11.7 Å². The van der Waals surface area contributed by atoms with Crippen molar-refractivity contribution in [2.75, 3.05) is 7.05 Å². The van der Waals surface area contributed by atoms with E-state index in [0.717, 1.165) is 27.8 Å². The third-order valence-corrected chi connectivity index (χ3v) is 6.09. The fourth-order valence-corrected chi connectivity index (χ4v) is 4.43. The first-order valence-electron chi connectivity index (χ1n) is 7.94. The van der Waals surface area contributed by atoms with Crippen LogP contribution in [-0.4, -0.2) is 31.3 Å². The largest absolute Gasteiger partial charge is 0.296 e. The Morgan fingerprint density at radius 2 is 2.21 bits per heavy atom. The van der Waals surface area contributed by atoms with E-state index in [-0.39, 0.29) is 0 Å². The molecule has 0 bridgehead atoms. The molecule has 0 aliphatic heterocycles. The molecule has 0 aromatic carbocycles. The number of hydrogen-bond donors (Lipinski definition) is 0. The monoisotopic (exact) mass is 377 g/mol. The minimum atomic E-state index is 0.523.